The van der Waals surface area contributed by atoms with Gasteiger partial charge < -0.3 is 9.42 Å². The molecule has 1 amide bonds. The van der Waals surface area contributed by atoms with Gasteiger partial charge in [0.05, 0.1) is 6.20 Å². The van der Waals surface area contributed by atoms with E-state index >= 15 is 0 Å². The normalized spacial score (nSPS) is 13.5. The molecule has 7 heteroatoms. The number of benzene rings is 1. The molecule has 0 N–H and O–H groups in total. The highest BCUT2D eigenvalue weighted by atomic mass is 16.5. The molecule has 25 heavy (non-hydrogen) atoms. The van der Waals surface area contributed by atoms with Crippen LogP contribution in [0.4, 0.5) is 0 Å². The molecule has 0 bridgehead atoms. The Morgan fingerprint density at radius 2 is 2.08 bits per heavy atom. The summed E-state index contributed by atoms with van der Waals surface area (Å²) in [6, 6.07) is 8.27. The molecule has 0 spiro atoms. The molecule has 0 fully saturated rings. The van der Waals surface area contributed by atoms with Gasteiger partial charge in [-0.25, -0.2) is 4.98 Å². The van der Waals surface area contributed by atoms with Gasteiger partial charge in [0.25, 0.3) is 0 Å². The number of nitrogens with zero attached hydrogens (tertiary/aromatic N) is 5. The van der Waals surface area contributed by atoms with Crippen LogP contribution >= 0.6 is 0 Å². The molecule has 0 saturated heterocycles. The summed E-state index contributed by atoms with van der Waals surface area (Å²) in [5.41, 5.74) is 3.11. The van der Waals surface area contributed by atoms with Crippen LogP contribution in [0.15, 0.2) is 47.4 Å². The van der Waals surface area contributed by atoms with Crippen molar-refractivity contribution >= 4 is 5.91 Å². The van der Waals surface area contributed by atoms with Gasteiger partial charge in [-0.2, -0.15) is 4.98 Å². The van der Waals surface area contributed by atoms with Gasteiger partial charge in [-0.1, -0.05) is 29.4 Å². The molecule has 3 heterocycles. The number of amides is 1. The Morgan fingerprint density at radius 1 is 1.20 bits per heavy atom. The highest BCUT2D eigenvalue weighted by molar-refractivity contribution is 5.76. The summed E-state index contributed by atoms with van der Waals surface area (Å²) < 4.78 is 5.21. The molecule has 0 radical (unpaired) electrons. The Balaban J connectivity index is 1.36. The summed E-state index contributed by atoms with van der Waals surface area (Å²) in [5.74, 6) is 0.933. The van der Waals surface area contributed by atoms with Crippen molar-refractivity contribution in [3.8, 4) is 11.5 Å². The van der Waals surface area contributed by atoms with E-state index in [0.29, 0.717) is 36.8 Å². The number of hydrogen-bond donors (Lipinski definition) is 0. The van der Waals surface area contributed by atoms with Crippen LogP contribution in [0.3, 0.4) is 0 Å². The van der Waals surface area contributed by atoms with E-state index in [-0.39, 0.29) is 5.91 Å². The lowest BCUT2D eigenvalue weighted by molar-refractivity contribution is -0.132. The third kappa shape index (κ3) is 3.40. The zero-order valence-electron chi connectivity index (χ0n) is 13.6. The van der Waals surface area contributed by atoms with Gasteiger partial charge in [0.1, 0.15) is 5.69 Å². The summed E-state index contributed by atoms with van der Waals surface area (Å²) in [4.78, 5) is 26.8. The summed E-state index contributed by atoms with van der Waals surface area (Å²) in [6.45, 7) is 1.42. The van der Waals surface area contributed by atoms with Gasteiger partial charge in [0, 0.05) is 38.3 Å². The van der Waals surface area contributed by atoms with Crippen molar-refractivity contribution < 1.29 is 9.32 Å². The average Bonchev–Trinajstić information content (AvgIpc) is 3.15. The minimum absolute atomic E-state index is 0.105. The van der Waals surface area contributed by atoms with Crippen molar-refractivity contribution in [1.82, 2.24) is 25.0 Å². The molecule has 0 unspecified atom stereocenters. The van der Waals surface area contributed by atoms with Gasteiger partial charge in [-0.3, -0.25) is 9.78 Å². The van der Waals surface area contributed by atoms with Crippen LogP contribution in [0.25, 0.3) is 11.5 Å². The van der Waals surface area contributed by atoms with E-state index in [0.717, 1.165) is 13.0 Å². The van der Waals surface area contributed by atoms with E-state index < -0.39 is 0 Å². The number of hydrogen-bond acceptors (Lipinski definition) is 6. The zero-order valence-corrected chi connectivity index (χ0v) is 13.6. The van der Waals surface area contributed by atoms with E-state index in [9.17, 15) is 4.79 Å². The molecule has 4 rings (SSSR count). The fraction of sp³-hybridized carbons (Fsp3) is 0.278. The largest absolute Gasteiger partial charge is 0.339 e. The van der Waals surface area contributed by atoms with E-state index in [1.807, 2.05) is 17.0 Å². The molecule has 1 aliphatic heterocycles. The first-order valence-corrected chi connectivity index (χ1v) is 8.23. The van der Waals surface area contributed by atoms with E-state index in [1.165, 1.54) is 11.1 Å². The van der Waals surface area contributed by atoms with Crippen molar-refractivity contribution in [2.75, 3.05) is 6.54 Å². The molecule has 1 aliphatic rings. The number of aromatic nitrogens is 4. The van der Waals surface area contributed by atoms with Crippen molar-refractivity contribution in [2.24, 2.45) is 0 Å². The standard InChI is InChI=1S/C18H17N5O2/c24-17(23-10-7-13-3-1-2-4-14(13)12-23)6-5-16-21-18(22-25-16)15-11-19-8-9-20-15/h1-4,8-9,11H,5-7,10,12H2. The second kappa shape index (κ2) is 6.80. The predicted octanol–water partition coefficient (Wildman–Crippen LogP) is 2.04. The Kier molecular flexibility index (Phi) is 4.20. The maximum Gasteiger partial charge on any atom is 0.227 e. The van der Waals surface area contributed by atoms with Crippen LogP contribution in [0.5, 0.6) is 0 Å². The molecule has 0 saturated carbocycles. The van der Waals surface area contributed by atoms with Crippen molar-refractivity contribution in [3.63, 3.8) is 0 Å². The molecule has 0 aliphatic carbocycles. The summed E-state index contributed by atoms with van der Waals surface area (Å²) >= 11 is 0. The van der Waals surface area contributed by atoms with Crippen molar-refractivity contribution in [2.45, 2.75) is 25.8 Å². The smallest absolute Gasteiger partial charge is 0.227 e. The van der Waals surface area contributed by atoms with Gasteiger partial charge in [-0.05, 0) is 17.5 Å². The van der Waals surface area contributed by atoms with Crippen LogP contribution in [0.2, 0.25) is 0 Å². The number of fused-ring (bicyclic) bond motifs is 1. The third-order valence-corrected chi connectivity index (χ3v) is 4.30. The molecule has 0 atom stereocenters. The average molecular weight is 335 g/mol. The minimum Gasteiger partial charge on any atom is -0.339 e. The molecular weight excluding hydrogens is 318 g/mol. The first-order chi connectivity index (χ1) is 12.3. The van der Waals surface area contributed by atoms with Crippen molar-refractivity contribution in [1.29, 1.82) is 0 Å². The fourth-order valence-corrected chi connectivity index (χ4v) is 2.96. The maximum atomic E-state index is 12.5. The Morgan fingerprint density at radius 3 is 2.92 bits per heavy atom. The quantitative estimate of drug-likeness (QED) is 0.725. The van der Waals surface area contributed by atoms with Crippen LogP contribution in [0.1, 0.15) is 23.4 Å². The Hall–Kier alpha value is -3.09. The third-order valence-electron chi connectivity index (χ3n) is 4.30. The second-order valence-electron chi connectivity index (χ2n) is 5.94. The van der Waals surface area contributed by atoms with Gasteiger partial charge in [0.15, 0.2) is 0 Å². The zero-order chi connectivity index (χ0) is 17.1. The lowest BCUT2D eigenvalue weighted by Gasteiger charge is -2.28. The highest BCUT2D eigenvalue weighted by Crippen LogP contribution is 2.19. The molecule has 2 aromatic heterocycles. The van der Waals surface area contributed by atoms with Gasteiger partial charge in [0.2, 0.25) is 17.6 Å². The molecule has 7 nitrogen and oxygen atoms in total. The van der Waals surface area contributed by atoms with Crippen LogP contribution in [-0.2, 0) is 24.2 Å². The predicted molar refractivity (Wildman–Crippen MR) is 89.2 cm³/mol. The summed E-state index contributed by atoms with van der Waals surface area (Å²) in [6.07, 6.45) is 6.40. The second-order valence-corrected chi connectivity index (χ2v) is 5.94. The van der Waals surface area contributed by atoms with E-state index in [1.54, 1.807) is 18.6 Å². The van der Waals surface area contributed by atoms with Crippen LogP contribution in [0, 0.1) is 0 Å². The van der Waals surface area contributed by atoms with E-state index in [4.69, 9.17) is 4.52 Å². The van der Waals surface area contributed by atoms with Gasteiger partial charge in [-0.15, -0.1) is 0 Å². The number of aryl methyl sites for hydroxylation is 1. The topological polar surface area (TPSA) is 85.0 Å². The number of rotatable bonds is 4. The van der Waals surface area contributed by atoms with Crippen molar-refractivity contribution in [3.05, 3.63) is 59.9 Å². The Bertz CT molecular complexity index is 878. The summed E-state index contributed by atoms with van der Waals surface area (Å²) in [7, 11) is 0. The van der Waals surface area contributed by atoms with Gasteiger partial charge >= 0.3 is 0 Å². The molecule has 126 valence electrons. The summed E-state index contributed by atoms with van der Waals surface area (Å²) in [5, 5.41) is 3.89. The van der Waals surface area contributed by atoms with Crippen LogP contribution < -0.4 is 0 Å². The molecule has 1 aromatic carbocycles. The first kappa shape index (κ1) is 15.4. The minimum atomic E-state index is 0.105. The monoisotopic (exact) mass is 335 g/mol. The number of carbonyl (C=O) groups is 1. The molecule has 3 aromatic rings. The maximum absolute atomic E-state index is 12.5. The SMILES string of the molecule is O=C(CCc1nc(-c2cnccn2)no1)N1CCc2ccccc2C1. The highest BCUT2D eigenvalue weighted by Gasteiger charge is 2.21. The fourth-order valence-electron chi connectivity index (χ4n) is 2.96. The Labute approximate surface area is 144 Å². The van der Waals surface area contributed by atoms with E-state index in [2.05, 4.69) is 32.2 Å². The number of carbonyl (C=O) groups excluding carboxylic acids is 1. The van der Waals surface area contributed by atoms with Crippen LogP contribution in [-0.4, -0.2) is 37.5 Å². The first-order valence-electron chi connectivity index (χ1n) is 8.23. The lowest BCUT2D eigenvalue weighted by Crippen LogP contribution is -2.36. The molecular formula is C18H17N5O2. The lowest BCUT2D eigenvalue weighted by atomic mass is 9.99.